The standard InChI is InChI=1S/C13H16BrClN2O2S/c14-11-5-2-6-12(15)13(11)20(18,19)17-7-9-3-1-4-10(8-17)16-9/h2,5-6,9-10,16H,1,3-4,7-8H2. The van der Waals surface area contributed by atoms with E-state index in [9.17, 15) is 8.42 Å². The third-order valence-electron chi connectivity index (χ3n) is 3.94. The third kappa shape index (κ3) is 2.64. The van der Waals surface area contributed by atoms with Crippen LogP contribution in [0, 0.1) is 0 Å². The van der Waals surface area contributed by atoms with Gasteiger partial charge >= 0.3 is 0 Å². The van der Waals surface area contributed by atoms with Crippen molar-refractivity contribution in [1.29, 1.82) is 0 Å². The van der Waals surface area contributed by atoms with Gasteiger partial charge in [0.15, 0.2) is 0 Å². The lowest BCUT2D eigenvalue weighted by Crippen LogP contribution is -2.59. The zero-order valence-corrected chi connectivity index (χ0v) is 14.0. The molecule has 2 atom stereocenters. The summed E-state index contributed by atoms with van der Waals surface area (Å²) in [6, 6.07) is 5.58. The molecule has 1 N–H and O–H groups in total. The highest BCUT2D eigenvalue weighted by Crippen LogP contribution is 2.33. The van der Waals surface area contributed by atoms with Gasteiger partial charge in [-0.3, -0.25) is 0 Å². The Morgan fingerprint density at radius 1 is 1.25 bits per heavy atom. The van der Waals surface area contributed by atoms with Crippen molar-refractivity contribution >= 4 is 37.6 Å². The average Bonchev–Trinajstić information content (AvgIpc) is 2.37. The Hall–Kier alpha value is -0.140. The summed E-state index contributed by atoms with van der Waals surface area (Å²) < 4.78 is 27.8. The molecule has 1 aromatic carbocycles. The molecule has 2 heterocycles. The number of halogens is 2. The predicted molar refractivity (Wildman–Crippen MR) is 82.5 cm³/mol. The molecule has 110 valence electrons. The predicted octanol–water partition coefficient (Wildman–Crippen LogP) is 2.62. The van der Waals surface area contributed by atoms with E-state index in [2.05, 4.69) is 21.2 Å². The van der Waals surface area contributed by atoms with Crippen molar-refractivity contribution in [2.24, 2.45) is 0 Å². The number of fused-ring (bicyclic) bond motifs is 2. The Kier molecular flexibility index (Phi) is 4.12. The molecule has 0 aliphatic carbocycles. The molecule has 0 radical (unpaired) electrons. The van der Waals surface area contributed by atoms with Crippen molar-refractivity contribution in [2.75, 3.05) is 13.1 Å². The molecule has 1 aromatic rings. The Labute approximate surface area is 132 Å². The van der Waals surface area contributed by atoms with Crippen LogP contribution < -0.4 is 5.32 Å². The third-order valence-corrected chi connectivity index (χ3v) is 7.23. The first kappa shape index (κ1) is 14.8. The first-order chi connectivity index (χ1) is 9.48. The van der Waals surface area contributed by atoms with E-state index >= 15 is 0 Å². The fraction of sp³-hybridized carbons (Fsp3) is 0.538. The Morgan fingerprint density at radius 2 is 1.90 bits per heavy atom. The van der Waals surface area contributed by atoms with Crippen LogP contribution in [-0.4, -0.2) is 37.9 Å². The van der Waals surface area contributed by atoms with Gasteiger partial charge in [-0.15, -0.1) is 0 Å². The number of rotatable bonds is 2. The lowest BCUT2D eigenvalue weighted by atomic mass is 9.96. The van der Waals surface area contributed by atoms with E-state index in [-0.39, 0.29) is 22.0 Å². The van der Waals surface area contributed by atoms with Gasteiger partial charge in [-0.2, -0.15) is 4.31 Å². The molecule has 2 saturated heterocycles. The van der Waals surface area contributed by atoms with E-state index in [4.69, 9.17) is 11.6 Å². The van der Waals surface area contributed by atoms with E-state index in [1.165, 1.54) is 6.42 Å². The van der Waals surface area contributed by atoms with Crippen molar-refractivity contribution < 1.29 is 8.42 Å². The normalized spacial score (nSPS) is 27.5. The topological polar surface area (TPSA) is 49.4 Å². The number of nitrogens with one attached hydrogen (secondary N) is 1. The smallest absolute Gasteiger partial charge is 0.245 e. The van der Waals surface area contributed by atoms with Crippen molar-refractivity contribution in [2.45, 2.75) is 36.2 Å². The quantitative estimate of drug-likeness (QED) is 0.859. The van der Waals surface area contributed by atoms with Gasteiger partial charge in [0, 0.05) is 29.6 Å². The second-order valence-electron chi connectivity index (χ2n) is 5.36. The number of nitrogens with zero attached hydrogens (tertiary/aromatic N) is 1. The first-order valence-electron chi connectivity index (χ1n) is 6.68. The van der Waals surface area contributed by atoms with E-state index in [1.54, 1.807) is 22.5 Å². The van der Waals surface area contributed by atoms with Crippen LogP contribution in [0.2, 0.25) is 5.02 Å². The summed E-state index contributed by atoms with van der Waals surface area (Å²) in [5.41, 5.74) is 0. The number of benzene rings is 1. The van der Waals surface area contributed by atoms with Crippen molar-refractivity contribution in [3.05, 3.63) is 27.7 Å². The molecule has 4 nitrogen and oxygen atoms in total. The van der Waals surface area contributed by atoms with Crippen LogP contribution in [0.3, 0.4) is 0 Å². The molecule has 2 aliphatic heterocycles. The van der Waals surface area contributed by atoms with Gasteiger partial charge in [-0.05, 0) is 40.9 Å². The SMILES string of the molecule is O=S(=O)(c1c(Cl)cccc1Br)N1CC2CCCC(C1)N2. The average molecular weight is 380 g/mol. The number of hydrogen-bond donors (Lipinski definition) is 1. The minimum Gasteiger partial charge on any atom is -0.309 e. The van der Waals surface area contributed by atoms with Crippen LogP contribution in [0.4, 0.5) is 0 Å². The first-order valence-corrected chi connectivity index (χ1v) is 9.30. The molecular weight excluding hydrogens is 364 g/mol. The van der Waals surface area contributed by atoms with Crippen LogP contribution in [0.1, 0.15) is 19.3 Å². The van der Waals surface area contributed by atoms with E-state index in [1.807, 2.05) is 0 Å². The zero-order valence-electron chi connectivity index (χ0n) is 10.9. The molecule has 2 fully saturated rings. The highest BCUT2D eigenvalue weighted by atomic mass is 79.9. The van der Waals surface area contributed by atoms with Crippen molar-refractivity contribution in [3.8, 4) is 0 Å². The van der Waals surface area contributed by atoms with Gasteiger partial charge in [0.05, 0.1) is 5.02 Å². The fourth-order valence-corrected chi connectivity index (χ4v) is 6.22. The van der Waals surface area contributed by atoms with Crippen molar-refractivity contribution in [3.63, 3.8) is 0 Å². The summed E-state index contributed by atoms with van der Waals surface area (Å²) in [6.45, 7) is 1.05. The van der Waals surface area contributed by atoms with E-state index in [0.717, 1.165) is 12.8 Å². The summed E-state index contributed by atoms with van der Waals surface area (Å²) in [6.07, 6.45) is 3.24. The lowest BCUT2D eigenvalue weighted by Gasteiger charge is -2.41. The second-order valence-corrected chi connectivity index (χ2v) is 8.50. The molecule has 0 saturated carbocycles. The largest absolute Gasteiger partial charge is 0.309 e. The van der Waals surface area contributed by atoms with Gasteiger partial charge in [-0.1, -0.05) is 24.1 Å². The van der Waals surface area contributed by atoms with Crippen LogP contribution in [0.25, 0.3) is 0 Å². The van der Waals surface area contributed by atoms with Gasteiger partial charge in [0.2, 0.25) is 10.0 Å². The van der Waals surface area contributed by atoms with Gasteiger partial charge in [-0.25, -0.2) is 8.42 Å². The minimum atomic E-state index is -3.55. The number of piperazine rings is 1. The maximum Gasteiger partial charge on any atom is 0.245 e. The van der Waals surface area contributed by atoms with E-state index in [0.29, 0.717) is 17.6 Å². The highest BCUT2D eigenvalue weighted by Gasteiger charge is 2.37. The Balaban J connectivity index is 1.96. The van der Waals surface area contributed by atoms with Crippen LogP contribution in [-0.2, 0) is 10.0 Å². The minimum absolute atomic E-state index is 0.182. The summed E-state index contributed by atoms with van der Waals surface area (Å²) in [4.78, 5) is 0.182. The maximum atomic E-state index is 12.8. The number of sulfonamides is 1. The van der Waals surface area contributed by atoms with Crippen LogP contribution in [0.15, 0.2) is 27.6 Å². The monoisotopic (exact) mass is 378 g/mol. The molecule has 2 aliphatic rings. The number of piperidine rings is 1. The van der Waals surface area contributed by atoms with Crippen molar-refractivity contribution in [1.82, 2.24) is 9.62 Å². The van der Waals surface area contributed by atoms with Gasteiger partial charge in [0.25, 0.3) is 0 Å². The Morgan fingerprint density at radius 3 is 2.50 bits per heavy atom. The molecule has 7 heteroatoms. The molecule has 0 aromatic heterocycles. The number of hydrogen-bond acceptors (Lipinski definition) is 3. The molecular formula is C13H16BrClN2O2S. The zero-order chi connectivity index (χ0) is 14.3. The van der Waals surface area contributed by atoms with Gasteiger partial charge < -0.3 is 5.32 Å². The maximum absolute atomic E-state index is 12.8. The molecule has 3 rings (SSSR count). The summed E-state index contributed by atoms with van der Waals surface area (Å²) in [5.74, 6) is 0. The molecule has 0 spiro atoms. The molecule has 2 unspecified atom stereocenters. The summed E-state index contributed by atoms with van der Waals surface area (Å²) in [7, 11) is -3.55. The molecule has 20 heavy (non-hydrogen) atoms. The summed E-state index contributed by atoms with van der Waals surface area (Å²) >= 11 is 9.41. The van der Waals surface area contributed by atoms with Crippen LogP contribution >= 0.6 is 27.5 Å². The van der Waals surface area contributed by atoms with E-state index < -0.39 is 10.0 Å². The summed E-state index contributed by atoms with van der Waals surface area (Å²) in [5, 5.41) is 3.75. The Bertz CT molecular complexity index is 591. The fourth-order valence-electron chi connectivity index (χ4n) is 3.02. The lowest BCUT2D eigenvalue weighted by molar-refractivity contribution is 0.190. The van der Waals surface area contributed by atoms with Crippen LogP contribution in [0.5, 0.6) is 0 Å². The molecule has 2 bridgehead atoms. The van der Waals surface area contributed by atoms with Gasteiger partial charge in [0.1, 0.15) is 4.90 Å². The second kappa shape index (κ2) is 5.57. The molecule has 0 amide bonds. The highest BCUT2D eigenvalue weighted by molar-refractivity contribution is 9.10.